The summed E-state index contributed by atoms with van der Waals surface area (Å²) in [5, 5.41) is 0. The maximum atomic E-state index is 3.77. The Morgan fingerprint density at radius 3 is 1.94 bits per heavy atom. The Labute approximate surface area is 160 Å². The van der Waals surface area contributed by atoms with Crippen molar-refractivity contribution in [3.05, 3.63) is 0 Å². The zero-order valence-electron chi connectivity index (χ0n) is 9.72. The highest BCUT2D eigenvalue weighted by molar-refractivity contribution is 9.33. The van der Waals surface area contributed by atoms with Crippen LogP contribution in [0.5, 0.6) is 0 Å². The smallest absolute Gasteiger partial charge is 0.101 e. The summed E-state index contributed by atoms with van der Waals surface area (Å²) in [5.41, 5.74) is 0. The van der Waals surface area contributed by atoms with E-state index in [0.29, 0.717) is 0 Å². The zero-order chi connectivity index (χ0) is 13.9. The van der Waals surface area contributed by atoms with Crippen LogP contribution in [0.4, 0.5) is 0 Å². The zero-order valence-corrected chi connectivity index (χ0v) is 19.2. The van der Waals surface area contributed by atoms with E-state index in [2.05, 4.69) is 107 Å². The molecule has 6 heteroatoms. The largest absolute Gasteiger partial charge is 0.167 e. The van der Waals surface area contributed by atoms with Gasteiger partial charge in [0.2, 0.25) is 0 Å². The number of halogens is 6. The molecule has 1 aliphatic carbocycles. The molecule has 0 aliphatic heterocycles. The lowest BCUT2D eigenvalue weighted by Crippen LogP contribution is -2.47. The van der Waals surface area contributed by atoms with Crippen molar-refractivity contribution in [3.8, 4) is 11.8 Å². The summed E-state index contributed by atoms with van der Waals surface area (Å²) in [5.74, 6) is 6.49. The first kappa shape index (κ1) is 18.5. The van der Waals surface area contributed by atoms with Crippen LogP contribution in [0.3, 0.4) is 0 Å². The van der Waals surface area contributed by atoms with Gasteiger partial charge in [0.1, 0.15) is 6.47 Å². The fourth-order valence-electron chi connectivity index (χ4n) is 1.73. The second-order valence-corrected chi connectivity index (χ2v) is 15.1. The van der Waals surface area contributed by atoms with Gasteiger partial charge in [0, 0.05) is 6.42 Å². The lowest BCUT2D eigenvalue weighted by molar-refractivity contribution is 0.569. The molecule has 0 amide bonds. The van der Waals surface area contributed by atoms with Crippen LogP contribution in [0.15, 0.2) is 0 Å². The fraction of sp³-hybridized carbons (Fsp3) is 0.833. The minimum Gasteiger partial charge on any atom is -0.101 e. The molecule has 0 aromatic carbocycles. The van der Waals surface area contributed by atoms with Crippen LogP contribution in [0, 0.1) is 11.8 Å². The molecule has 0 atom stereocenters. The van der Waals surface area contributed by atoms with Crippen LogP contribution >= 0.6 is 95.6 Å². The molecule has 0 aromatic rings. The molecular formula is C12H14Br6. The molecule has 1 aliphatic rings. The molecule has 0 nitrogen and oxygen atoms in total. The second-order valence-electron chi connectivity index (χ2n) is 4.42. The van der Waals surface area contributed by atoms with Crippen LogP contribution in [-0.2, 0) is 0 Å². The van der Waals surface area contributed by atoms with E-state index in [1.807, 2.05) is 0 Å². The summed E-state index contributed by atoms with van der Waals surface area (Å²) in [7, 11) is 0. The average Bonchev–Trinajstić information content (AvgIpc) is 2.25. The lowest BCUT2D eigenvalue weighted by Gasteiger charge is -2.41. The molecule has 0 saturated carbocycles. The van der Waals surface area contributed by atoms with Crippen molar-refractivity contribution in [1.82, 2.24) is 0 Å². The molecule has 0 fully saturated rings. The van der Waals surface area contributed by atoms with Crippen molar-refractivity contribution >= 4 is 95.6 Å². The predicted octanol–water partition coefficient (Wildman–Crippen LogP) is 7.19. The van der Waals surface area contributed by atoms with E-state index in [9.17, 15) is 0 Å². The molecule has 1 rings (SSSR count). The Kier molecular flexibility index (Phi) is 7.83. The van der Waals surface area contributed by atoms with Gasteiger partial charge < -0.3 is 0 Å². The van der Waals surface area contributed by atoms with Gasteiger partial charge in [-0.3, -0.25) is 0 Å². The number of hydrogen-bond donors (Lipinski definition) is 0. The predicted molar refractivity (Wildman–Crippen MR) is 102 cm³/mol. The molecule has 0 saturated heterocycles. The van der Waals surface area contributed by atoms with Crippen molar-refractivity contribution < 1.29 is 0 Å². The minimum absolute atomic E-state index is 0.284. The molecule has 0 N–H and O–H groups in total. The van der Waals surface area contributed by atoms with Gasteiger partial charge in [-0.25, -0.2) is 0 Å². The highest BCUT2D eigenvalue weighted by Crippen LogP contribution is 2.61. The molecule has 0 bridgehead atoms. The normalized spacial score (nSPS) is 27.2. The summed E-state index contributed by atoms with van der Waals surface area (Å²) in [6, 6.07) is 0. The number of alkyl halides is 6. The van der Waals surface area contributed by atoms with Crippen LogP contribution in [0.2, 0.25) is 0 Å². The molecule has 0 heterocycles. The summed E-state index contributed by atoms with van der Waals surface area (Å²) in [6.07, 6.45) is 8.16. The average molecular weight is 638 g/mol. The summed E-state index contributed by atoms with van der Waals surface area (Å²) in [6.45, 7) is 0. The van der Waals surface area contributed by atoms with Crippen molar-refractivity contribution in [2.75, 3.05) is 0 Å². The maximum absolute atomic E-state index is 3.77. The summed E-state index contributed by atoms with van der Waals surface area (Å²) in [4.78, 5) is 0. The Balaban J connectivity index is 3.00. The number of rotatable bonds is 0. The topological polar surface area (TPSA) is 0 Å². The number of hydrogen-bond acceptors (Lipinski definition) is 0. The second kappa shape index (κ2) is 7.63. The van der Waals surface area contributed by atoms with E-state index in [1.54, 1.807) is 0 Å². The minimum atomic E-state index is -0.542. The van der Waals surface area contributed by atoms with Gasteiger partial charge in [-0.15, -0.1) is 5.92 Å². The van der Waals surface area contributed by atoms with Gasteiger partial charge in [-0.2, -0.15) is 0 Å². The van der Waals surface area contributed by atoms with E-state index in [1.165, 1.54) is 32.1 Å². The Morgan fingerprint density at radius 2 is 1.28 bits per heavy atom. The van der Waals surface area contributed by atoms with Crippen LogP contribution in [0.25, 0.3) is 0 Å². The molecule has 18 heavy (non-hydrogen) atoms. The van der Waals surface area contributed by atoms with Gasteiger partial charge in [-0.1, -0.05) is 127 Å². The van der Waals surface area contributed by atoms with Crippen molar-refractivity contribution in [3.63, 3.8) is 0 Å². The first-order valence-electron chi connectivity index (χ1n) is 5.84. The molecular weight excluding hydrogens is 624 g/mol. The third-order valence-electron chi connectivity index (χ3n) is 2.89. The Morgan fingerprint density at radius 1 is 0.722 bits per heavy atom. The van der Waals surface area contributed by atoms with Crippen molar-refractivity contribution in [2.24, 2.45) is 0 Å². The first-order valence-corrected chi connectivity index (χ1v) is 10.6. The Bertz CT molecular complexity index is 336. The van der Waals surface area contributed by atoms with Gasteiger partial charge in [0.25, 0.3) is 0 Å². The quantitative estimate of drug-likeness (QED) is 0.195. The summed E-state index contributed by atoms with van der Waals surface area (Å²) >= 11 is 22.4. The monoisotopic (exact) mass is 632 g/mol. The highest BCUT2D eigenvalue weighted by atomic mass is 79.9. The van der Waals surface area contributed by atoms with Crippen LogP contribution in [0.1, 0.15) is 44.9 Å². The van der Waals surface area contributed by atoms with Gasteiger partial charge >= 0.3 is 0 Å². The molecule has 0 aromatic heterocycles. The standard InChI is InChI=1S/C12H14Br6/c13-10(14)8-6-4-2-1-3-5-7-9-11(15,16)12(10,17)18/h1-6,8H2. The van der Waals surface area contributed by atoms with E-state index < -0.39 is 6.47 Å². The van der Waals surface area contributed by atoms with Gasteiger partial charge in [0.05, 0.1) is 0 Å². The fourth-order valence-corrected chi connectivity index (χ4v) is 5.50. The van der Waals surface area contributed by atoms with Crippen LogP contribution in [-0.4, -0.2) is 9.70 Å². The third kappa shape index (κ3) is 4.73. The molecule has 104 valence electrons. The third-order valence-corrected chi connectivity index (χ3v) is 13.3. The first-order chi connectivity index (χ1) is 8.21. The molecule has 0 spiro atoms. The summed E-state index contributed by atoms with van der Waals surface area (Å²) < 4.78 is -1.29. The maximum Gasteiger partial charge on any atom is 0.167 e. The van der Waals surface area contributed by atoms with Gasteiger partial charge in [0.15, 0.2) is 3.23 Å². The lowest BCUT2D eigenvalue weighted by atomic mass is 10.0. The van der Waals surface area contributed by atoms with E-state index in [-0.39, 0.29) is 3.23 Å². The molecule has 0 unspecified atom stereocenters. The van der Waals surface area contributed by atoms with E-state index in [4.69, 9.17) is 0 Å². The van der Waals surface area contributed by atoms with Gasteiger partial charge in [-0.05, 0) is 12.8 Å². The Hall–Kier alpha value is 2.44. The van der Waals surface area contributed by atoms with E-state index >= 15 is 0 Å². The highest BCUT2D eigenvalue weighted by Gasteiger charge is 2.56. The van der Waals surface area contributed by atoms with Crippen LogP contribution < -0.4 is 0 Å². The van der Waals surface area contributed by atoms with Crippen molar-refractivity contribution in [2.45, 2.75) is 54.6 Å². The molecule has 0 radical (unpaired) electrons. The van der Waals surface area contributed by atoms with E-state index in [0.717, 1.165) is 12.8 Å². The van der Waals surface area contributed by atoms with Crippen molar-refractivity contribution in [1.29, 1.82) is 0 Å². The SMILES string of the molecule is BrC1(Br)C#CCCCCCCCC(Br)(Br)C1(Br)Br.